The average molecular weight is 847 g/mol. The van der Waals surface area contributed by atoms with Gasteiger partial charge >= 0.3 is 0 Å². The van der Waals surface area contributed by atoms with Crippen molar-refractivity contribution in [1.29, 1.82) is 0 Å². The van der Waals surface area contributed by atoms with Crippen LogP contribution in [0.2, 0.25) is 0 Å². The molecule has 268 valence electrons. The van der Waals surface area contributed by atoms with Crippen LogP contribution in [0.5, 0.6) is 11.5 Å². The number of rotatable bonds is 10. The molecule has 2 aliphatic heterocycles. The van der Waals surface area contributed by atoms with Gasteiger partial charge in [0.05, 0.1) is 21.9 Å². The molecule has 0 spiro atoms. The first kappa shape index (κ1) is 36.4. The summed E-state index contributed by atoms with van der Waals surface area (Å²) in [6.45, 7) is 13.1. The van der Waals surface area contributed by atoms with Gasteiger partial charge in [-0.1, -0.05) is 68.9 Å². The molecule has 0 saturated carbocycles. The lowest BCUT2D eigenvalue weighted by atomic mass is 9.78. The van der Waals surface area contributed by atoms with Crippen LogP contribution in [-0.2, 0) is 10.8 Å². The second-order valence-electron chi connectivity index (χ2n) is 14.6. The predicted octanol–water partition coefficient (Wildman–Crippen LogP) is 11.3. The number of nitro groups is 1. The third-order valence-corrected chi connectivity index (χ3v) is 12.0. The highest BCUT2D eigenvalue weighted by molar-refractivity contribution is 9.10. The van der Waals surface area contributed by atoms with Gasteiger partial charge in [-0.25, -0.2) is 0 Å². The number of hydrogen-bond acceptors (Lipinski definition) is 5. The van der Waals surface area contributed by atoms with Crippen LogP contribution in [-0.4, -0.2) is 41.5 Å². The highest BCUT2D eigenvalue weighted by Gasteiger charge is 2.50. The van der Waals surface area contributed by atoms with E-state index in [0.29, 0.717) is 26.3 Å². The average Bonchev–Trinajstić information content (AvgIpc) is 3.65. The molecule has 0 N–H and O–H groups in total. The molecule has 7 rings (SSSR count). The third kappa shape index (κ3) is 6.60. The van der Waals surface area contributed by atoms with Crippen molar-refractivity contribution in [3.05, 3.63) is 143 Å². The van der Waals surface area contributed by atoms with E-state index in [1.165, 1.54) is 22.5 Å². The number of halogens is 3. The van der Waals surface area contributed by atoms with Crippen LogP contribution in [0.25, 0.3) is 0 Å². The monoisotopic (exact) mass is 844 g/mol. The minimum atomic E-state index is -0.544. The molecule has 4 aromatic rings. The molecule has 0 atom stereocenters. The smallest absolute Gasteiger partial charge is 0.269 e. The zero-order valence-electron chi connectivity index (χ0n) is 29.9. The first-order valence-electron chi connectivity index (χ1n) is 17.5. The molecule has 4 aromatic carbocycles. The molecule has 2 heterocycles. The number of nitrogens with zero attached hydrogens (tertiary/aromatic N) is 3. The Morgan fingerprint density at radius 1 is 0.808 bits per heavy atom. The fraction of sp³-hybridized carbons (Fsp3) is 0.310. The molecule has 1 aliphatic carbocycles. The number of benzene rings is 4. The Morgan fingerprint density at radius 3 is 2.06 bits per heavy atom. The summed E-state index contributed by atoms with van der Waals surface area (Å²) in [4.78, 5) is 13.9. The summed E-state index contributed by atoms with van der Waals surface area (Å²) >= 11 is 14.6. The van der Waals surface area contributed by atoms with E-state index >= 15 is 0 Å². The fourth-order valence-corrected chi connectivity index (χ4v) is 9.04. The second-order valence-corrected chi connectivity index (χ2v) is 16.8. The Bertz CT molecular complexity index is 2170. The number of nitro benzene ring substituents is 1. The zero-order chi connectivity index (χ0) is 36.9. The Morgan fingerprint density at radius 2 is 1.42 bits per heavy atom. The summed E-state index contributed by atoms with van der Waals surface area (Å²) in [5, 5.41) is 12.7. The van der Waals surface area contributed by atoms with Crippen molar-refractivity contribution in [3.8, 4) is 11.5 Å². The van der Waals surface area contributed by atoms with Gasteiger partial charge in [0.15, 0.2) is 12.3 Å². The van der Waals surface area contributed by atoms with Crippen molar-refractivity contribution >= 4 is 66.2 Å². The first-order valence-corrected chi connectivity index (χ1v) is 19.5. The van der Waals surface area contributed by atoms with Gasteiger partial charge in [0.25, 0.3) is 5.69 Å². The molecule has 52 heavy (non-hydrogen) atoms. The standard InChI is InChI=1S/C42H41Br2ClN3O4/c1-26-6-18-36-34(24-26)41(2,3)39(46(36)20-22-51-30-12-7-27(43)8-13-30)32-16-17-33(38(32)45)40-42(4,5)35-25-29(48(49)50)11-19-37(35)47(40)21-23-52-31-14-9-28(44)10-15-31/h6-15,18-19,24-25H,16-17,20-23H2,1-5H3/q+1. The Balaban J connectivity index is 1.31. The van der Waals surface area contributed by atoms with E-state index in [2.05, 4.69) is 94.2 Å². The van der Waals surface area contributed by atoms with Crippen LogP contribution in [0, 0.1) is 17.0 Å². The van der Waals surface area contributed by atoms with Gasteiger partial charge in [-0.2, -0.15) is 4.58 Å². The van der Waals surface area contributed by atoms with E-state index in [4.69, 9.17) is 21.1 Å². The van der Waals surface area contributed by atoms with Gasteiger partial charge < -0.3 is 14.4 Å². The van der Waals surface area contributed by atoms with Gasteiger partial charge in [0.1, 0.15) is 24.7 Å². The van der Waals surface area contributed by atoms with Crippen molar-refractivity contribution in [1.82, 2.24) is 0 Å². The number of non-ortho nitro benzene ring substituents is 1. The lowest BCUT2D eigenvalue weighted by Gasteiger charge is -2.29. The summed E-state index contributed by atoms with van der Waals surface area (Å²) in [5.74, 6) is 1.60. The quantitative estimate of drug-likeness (QED) is 0.0903. The van der Waals surface area contributed by atoms with E-state index in [9.17, 15) is 10.1 Å². The molecule has 0 fully saturated rings. The highest BCUT2D eigenvalue weighted by atomic mass is 79.9. The molecule has 0 bridgehead atoms. The van der Waals surface area contributed by atoms with E-state index in [1.807, 2.05) is 54.6 Å². The molecule has 7 nitrogen and oxygen atoms in total. The van der Waals surface area contributed by atoms with Crippen LogP contribution < -0.4 is 14.4 Å². The van der Waals surface area contributed by atoms with Crippen molar-refractivity contribution < 1.29 is 19.0 Å². The van der Waals surface area contributed by atoms with E-state index in [1.54, 1.807) is 12.1 Å². The van der Waals surface area contributed by atoms with Crippen LogP contribution in [0.3, 0.4) is 0 Å². The Kier molecular flexibility index (Phi) is 9.91. The predicted molar refractivity (Wildman–Crippen MR) is 216 cm³/mol. The van der Waals surface area contributed by atoms with Gasteiger partial charge in [0.2, 0.25) is 5.69 Å². The number of hydrogen-bond donors (Lipinski definition) is 0. The maximum Gasteiger partial charge on any atom is 0.269 e. The number of ether oxygens (including phenoxy) is 2. The number of fused-ring (bicyclic) bond motifs is 2. The Labute approximate surface area is 327 Å². The van der Waals surface area contributed by atoms with Gasteiger partial charge in [-0.05, 0) is 105 Å². The highest BCUT2D eigenvalue weighted by Crippen LogP contribution is 2.54. The van der Waals surface area contributed by atoms with Crippen molar-refractivity contribution in [2.75, 3.05) is 31.2 Å². The summed E-state index contributed by atoms with van der Waals surface area (Å²) in [6.07, 6.45) is 1.54. The third-order valence-electron chi connectivity index (χ3n) is 10.5. The first-order chi connectivity index (χ1) is 24.8. The molecular weight excluding hydrogens is 806 g/mol. The Hall–Kier alpha value is -3.92. The largest absolute Gasteiger partial charge is 0.492 e. The second kappa shape index (κ2) is 14.1. The molecular formula is C42H41Br2ClN3O4+. The maximum atomic E-state index is 11.9. The molecule has 0 unspecified atom stereocenters. The van der Waals surface area contributed by atoms with E-state index < -0.39 is 5.41 Å². The molecule has 3 aliphatic rings. The van der Waals surface area contributed by atoms with E-state index in [-0.39, 0.29) is 16.0 Å². The van der Waals surface area contributed by atoms with Crippen LogP contribution >= 0.6 is 43.5 Å². The van der Waals surface area contributed by atoms with Crippen molar-refractivity contribution in [3.63, 3.8) is 0 Å². The summed E-state index contributed by atoms with van der Waals surface area (Å²) in [6, 6.07) is 27.6. The molecule has 0 aromatic heterocycles. The summed E-state index contributed by atoms with van der Waals surface area (Å²) in [5.41, 5.74) is 9.23. The van der Waals surface area contributed by atoms with Gasteiger partial charge in [-0.3, -0.25) is 10.1 Å². The van der Waals surface area contributed by atoms with Crippen LogP contribution in [0.4, 0.5) is 17.1 Å². The number of allylic oxidation sites excluding steroid dienone is 4. The summed E-state index contributed by atoms with van der Waals surface area (Å²) in [7, 11) is 0. The minimum absolute atomic E-state index is 0.0789. The SMILES string of the molecule is Cc1ccc2c(c1)C(C)(C)C(C1=C(Cl)/C(=C3/N(CCOc4ccc(Br)cc4)c4ccc([N+](=O)[O-])cc4C3(C)C)CC1)=[N+]2CCOc1ccc(Br)cc1. The number of anilines is 1. The minimum Gasteiger partial charge on any atom is -0.492 e. The topological polar surface area (TPSA) is 67.8 Å². The van der Waals surface area contributed by atoms with Gasteiger partial charge in [0, 0.05) is 55.1 Å². The maximum absolute atomic E-state index is 11.9. The van der Waals surface area contributed by atoms with Crippen molar-refractivity contribution in [2.45, 2.75) is 58.3 Å². The summed E-state index contributed by atoms with van der Waals surface area (Å²) < 4.78 is 16.9. The molecule has 0 saturated heterocycles. The molecule has 10 heteroatoms. The zero-order valence-corrected chi connectivity index (χ0v) is 33.9. The van der Waals surface area contributed by atoms with Crippen LogP contribution in [0.1, 0.15) is 57.2 Å². The lowest BCUT2D eigenvalue weighted by Crippen LogP contribution is -2.32. The van der Waals surface area contributed by atoms with Gasteiger partial charge in [-0.15, -0.1) is 0 Å². The van der Waals surface area contributed by atoms with Crippen LogP contribution in [0.15, 0.2) is 116 Å². The molecule has 0 amide bonds. The lowest BCUT2D eigenvalue weighted by molar-refractivity contribution is -0.440. The molecule has 0 radical (unpaired) electrons. The fourth-order valence-electron chi connectivity index (χ4n) is 8.14. The van der Waals surface area contributed by atoms with E-state index in [0.717, 1.165) is 66.4 Å². The van der Waals surface area contributed by atoms with Crippen molar-refractivity contribution in [2.24, 2.45) is 0 Å². The number of aryl methyl sites for hydroxylation is 1. The normalized spacial score (nSPS) is 18.6.